The van der Waals surface area contributed by atoms with Crippen molar-refractivity contribution in [3.05, 3.63) is 48.0 Å². The molecule has 0 saturated heterocycles. The molecule has 0 aliphatic heterocycles. The van der Waals surface area contributed by atoms with Gasteiger partial charge in [-0.25, -0.2) is 0 Å². The first-order valence-electron chi connectivity index (χ1n) is 7.72. The van der Waals surface area contributed by atoms with E-state index >= 15 is 0 Å². The Hall–Kier alpha value is -2.58. The van der Waals surface area contributed by atoms with Crippen LogP contribution in [0, 0.1) is 0 Å². The van der Waals surface area contributed by atoms with Gasteiger partial charge in [0.15, 0.2) is 17.3 Å². The van der Waals surface area contributed by atoms with Crippen molar-refractivity contribution in [2.24, 2.45) is 0 Å². The van der Waals surface area contributed by atoms with Crippen molar-refractivity contribution in [1.82, 2.24) is 0 Å². The Balaban J connectivity index is 2.19. The Labute approximate surface area is 152 Å². The predicted molar refractivity (Wildman–Crippen MR) is 94.6 cm³/mol. The van der Waals surface area contributed by atoms with Crippen LogP contribution in [-0.2, 0) is 14.9 Å². The van der Waals surface area contributed by atoms with Crippen LogP contribution < -0.4 is 13.7 Å². The second-order valence-corrected chi connectivity index (χ2v) is 6.82. The van der Waals surface area contributed by atoms with Crippen molar-refractivity contribution in [1.29, 1.82) is 0 Å². The molecular formula is C18H20O7S. The average molecular weight is 380 g/mol. The van der Waals surface area contributed by atoms with Crippen LogP contribution in [0.25, 0.3) is 0 Å². The minimum Gasteiger partial charge on any atom is -0.493 e. The summed E-state index contributed by atoms with van der Waals surface area (Å²) in [4.78, 5) is 11.4. The van der Waals surface area contributed by atoms with Gasteiger partial charge in [-0.15, -0.1) is 0 Å². The van der Waals surface area contributed by atoms with E-state index in [2.05, 4.69) is 0 Å². The summed E-state index contributed by atoms with van der Waals surface area (Å²) in [6.45, 7) is 2.19. The maximum atomic E-state index is 12.5. The molecule has 2 rings (SSSR count). The minimum absolute atomic E-state index is 0.00192. The van der Waals surface area contributed by atoms with Crippen LogP contribution in [0.3, 0.4) is 0 Å². The highest BCUT2D eigenvalue weighted by Crippen LogP contribution is 2.31. The molecule has 0 saturated carbocycles. The SMILES string of the molecule is COCCOc1ccc(S(=O)(=O)Oc2ccc(C(C)=O)cc2OC)cc1. The van der Waals surface area contributed by atoms with E-state index in [1.807, 2.05) is 0 Å². The van der Waals surface area contributed by atoms with Gasteiger partial charge in [-0.2, -0.15) is 8.42 Å². The van der Waals surface area contributed by atoms with E-state index in [0.717, 1.165) is 0 Å². The number of Topliss-reactive ketones (excluding diaryl/α,β-unsaturated/α-hetero) is 1. The lowest BCUT2D eigenvalue weighted by Crippen LogP contribution is -2.11. The number of ketones is 1. The standard InChI is InChI=1S/C18H20O7S/c1-13(19)14-4-9-17(18(12-14)23-3)25-26(20,21)16-7-5-15(6-8-16)24-11-10-22-2/h4-9,12H,10-11H2,1-3H3. The van der Waals surface area contributed by atoms with Crippen LogP contribution in [-0.4, -0.2) is 41.6 Å². The summed E-state index contributed by atoms with van der Waals surface area (Å²) in [6.07, 6.45) is 0. The number of benzene rings is 2. The third-order valence-electron chi connectivity index (χ3n) is 3.44. The summed E-state index contributed by atoms with van der Waals surface area (Å²) in [5.74, 6) is 0.505. The fourth-order valence-corrected chi connectivity index (χ4v) is 3.01. The third kappa shape index (κ3) is 4.96. The zero-order valence-electron chi connectivity index (χ0n) is 14.7. The van der Waals surface area contributed by atoms with Gasteiger partial charge >= 0.3 is 10.1 Å². The van der Waals surface area contributed by atoms with E-state index in [1.165, 1.54) is 56.5 Å². The van der Waals surface area contributed by atoms with E-state index in [9.17, 15) is 13.2 Å². The Bertz CT molecular complexity index is 858. The van der Waals surface area contributed by atoms with E-state index in [0.29, 0.717) is 24.5 Å². The molecule has 0 bridgehead atoms. The quantitative estimate of drug-likeness (QED) is 0.375. The Kier molecular flexibility index (Phi) is 6.59. The van der Waals surface area contributed by atoms with Crippen molar-refractivity contribution in [3.8, 4) is 17.2 Å². The molecule has 0 fully saturated rings. The molecule has 0 amide bonds. The summed E-state index contributed by atoms with van der Waals surface area (Å²) in [7, 11) is -1.14. The molecule has 0 spiro atoms. The molecule has 0 unspecified atom stereocenters. The smallest absolute Gasteiger partial charge is 0.339 e. The van der Waals surface area contributed by atoms with Crippen LogP contribution in [0.15, 0.2) is 47.4 Å². The molecule has 7 nitrogen and oxygen atoms in total. The van der Waals surface area contributed by atoms with E-state index in [4.69, 9.17) is 18.4 Å². The summed E-state index contributed by atoms with van der Waals surface area (Å²) in [5, 5.41) is 0. The second-order valence-electron chi connectivity index (χ2n) is 5.27. The number of hydrogen-bond donors (Lipinski definition) is 0. The number of hydrogen-bond acceptors (Lipinski definition) is 7. The highest BCUT2D eigenvalue weighted by molar-refractivity contribution is 7.87. The van der Waals surface area contributed by atoms with Gasteiger partial charge in [-0.1, -0.05) is 0 Å². The van der Waals surface area contributed by atoms with Crippen molar-refractivity contribution in [2.45, 2.75) is 11.8 Å². The Morgan fingerprint density at radius 2 is 1.65 bits per heavy atom. The largest absolute Gasteiger partial charge is 0.493 e. The summed E-state index contributed by atoms with van der Waals surface area (Å²) >= 11 is 0. The number of rotatable bonds is 9. The molecule has 0 aliphatic rings. The summed E-state index contributed by atoms with van der Waals surface area (Å²) in [6, 6.07) is 10.1. The summed E-state index contributed by atoms with van der Waals surface area (Å²) in [5.41, 5.74) is 0.393. The predicted octanol–water partition coefficient (Wildman–Crippen LogP) is 2.69. The molecule has 0 N–H and O–H groups in total. The Morgan fingerprint density at radius 1 is 0.962 bits per heavy atom. The van der Waals surface area contributed by atoms with Gasteiger partial charge in [0.25, 0.3) is 0 Å². The normalized spacial score (nSPS) is 11.0. The Morgan fingerprint density at radius 3 is 2.23 bits per heavy atom. The third-order valence-corrected chi connectivity index (χ3v) is 4.69. The first-order chi connectivity index (χ1) is 12.4. The van der Waals surface area contributed by atoms with Gasteiger partial charge < -0.3 is 18.4 Å². The molecule has 2 aromatic rings. The van der Waals surface area contributed by atoms with Gasteiger partial charge in [0.05, 0.1) is 13.7 Å². The molecule has 0 heterocycles. The van der Waals surface area contributed by atoms with Crippen LogP contribution in [0.1, 0.15) is 17.3 Å². The van der Waals surface area contributed by atoms with Crippen LogP contribution in [0.4, 0.5) is 0 Å². The second kappa shape index (κ2) is 8.68. The molecule has 2 aromatic carbocycles. The zero-order chi connectivity index (χ0) is 19.2. The first-order valence-corrected chi connectivity index (χ1v) is 9.13. The van der Waals surface area contributed by atoms with Crippen LogP contribution in [0.2, 0.25) is 0 Å². The number of methoxy groups -OCH3 is 2. The minimum atomic E-state index is -4.07. The molecule has 0 aliphatic carbocycles. The van der Waals surface area contributed by atoms with Crippen molar-refractivity contribution < 1.29 is 31.6 Å². The van der Waals surface area contributed by atoms with Crippen molar-refractivity contribution in [2.75, 3.05) is 27.4 Å². The molecule has 0 radical (unpaired) electrons. The monoisotopic (exact) mass is 380 g/mol. The lowest BCUT2D eigenvalue weighted by Gasteiger charge is -2.12. The molecular weight excluding hydrogens is 360 g/mol. The van der Waals surface area contributed by atoms with Gasteiger partial charge in [-0.05, 0) is 49.4 Å². The summed E-state index contributed by atoms with van der Waals surface area (Å²) < 4.78 is 45.5. The fourth-order valence-electron chi connectivity index (χ4n) is 2.07. The molecule has 140 valence electrons. The average Bonchev–Trinajstić information content (AvgIpc) is 2.62. The highest BCUT2D eigenvalue weighted by atomic mass is 32.2. The number of carbonyl (C=O) groups is 1. The van der Waals surface area contributed by atoms with Crippen LogP contribution in [0.5, 0.6) is 17.2 Å². The maximum absolute atomic E-state index is 12.5. The van der Waals surface area contributed by atoms with Gasteiger partial charge in [0.1, 0.15) is 17.3 Å². The fraction of sp³-hybridized carbons (Fsp3) is 0.278. The zero-order valence-corrected chi connectivity index (χ0v) is 15.5. The van der Waals surface area contributed by atoms with E-state index in [1.54, 1.807) is 7.11 Å². The van der Waals surface area contributed by atoms with Gasteiger partial charge in [-0.3, -0.25) is 4.79 Å². The molecule has 0 atom stereocenters. The van der Waals surface area contributed by atoms with Crippen LogP contribution >= 0.6 is 0 Å². The maximum Gasteiger partial charge on any atom is 0.339 e. The van der Waals surface area contributed by atoms with Gasteiger partial charge in [0.2, 0.25) is 0 Å². The molecule has 26 heavy (non-hydrogen) atoms. The lowest BCUT2D eigenvalue weighted by molar-refractivity contribution is 0.101. The van der Waals surface area contributed by atoms with Crippen molar-refractivity contribution >= 4 is 15.9 Å². The van der Waals surface area contributed by atoms with Gasteiger partial charge in [0, 0.05) is 12.7 Å². The lowest BCUT2D eigenvalue weighted by atomic mass is 10.1. The number of ether oxygens (including phenoxy) is 3. The topological polar surface area (TPSA) is 88.1 Å². The molecule has 0 aromatic heterocycles. The molecule has 8 heteroatoms. The first kappa shape index (κ1) is 19.7. The number of carbonyl (C=O) groups excluding carboxylic acids is 1. The van der Waals surface area contributed by atoms with E-state index in [-0.39, 0.29) is 22.2 Å². The highest BCUT2D eigenvalue weighted by Gasteiger charge is 2.20. The van der Waals surface area contributed by atoms with Crippen molar-refractivity contribution in [3.63, 3.8) is 0 Å². The van der Waals surface area contributed by atoms with E-state index < -0.39 is 10.1 Å².